The van der Waals surface area contributed by atoms with Crippen LogP contribution in [0.1, 0.15) is 45.1 Å². The summed E-state index contributed by atoms with van der Waals surface area (Å²) in [5.41, 5.74) is 1.27. The molecule has 0 radical (unpaired) electrons. The molecule has 2 atom stereocenters. The Hall–Kier alpha value is -1.03. The summed E-state index contributed by atoms with van der Waals surface area (Å²) in [6.07, 6.45) is 2.11. The molecule has 0 aromatic heterocycles. The molecule has 1 amide bonds. The van der Waals surface area contributed by atoms with Crippen LogP contribution in [-0.4, -0.2) is 29.7 Å². The number of carbonyl (C=O) groups excluding carboxylic acids is 1. The van der Waals surface area contributed by atoms with Crippen LogP contribution in [0.25, 0.3) is 0 Å². The fraction of sp³-hybridized carbons (Fsp3) is 0.588. The Labute approximate surface area is 134 Å². The highest BCUT2D eigenvalue weighted by Gasteiger charge is 2.58. The molecule has 2 unspecified atom stereocenters. The van der Waals surface area contributed by atoms with Crippen molar-refractivity contribution in [2.24, 2.45) is 5.41 Å². The lowest BCUT2D eigenvalue weighted by Gasteiger charge is -2.24. The van der Waals surface area contributed by atoms with Crippen LogP contribution in [0.3, 0.4) is 0 Å². The van der Waals surface area contributed by atoms with Crippen molar-refractivity contribution in [1.29, 1.82) is 0 Å². The van der Waals surface area contributed by atoms with Gasteiger partial charge in [0, 0.05) is 17.6 Å². The Morgan fingerprint density at radius 2 is 2.00 bits per heavy atom. The van der Waals surface area contributed by atoms with E-state index < -0.39 is 5.60 Å². The normalized spacial score (nSPS) is 28.0. The van der Waals surface area contributed by atoms with Crippen molar-refractivity contribution in [3.8, 4) is 0 Å². The second-order valence-corrected chi connectivity index (χ2v) is 8.24. The summed E-state index contributed by atoms with van der Waals surface area (Å²) in [5.74, 6) is 0.595. The van der Waals surface area contributed by atoms with Crippen molar-refractivity contribution in [2.45, 2.75) is 45.1 Å². The smallest absolute Gasteiger partial charge is 0.410 e. The summed E-state index contributed by atoms with van der Waals surface area (Å²) in [6, 6.07) is 8.59. The van der Waals surface area contributed by atoms with Gasteiger partial charge < -0.3 is 9.64 Å². The van der Waals surface area contributed by atoms with Gasteiger partial charge in [-0.2, -0.15) is 0 Å². The predicted molar refractivity (Wildman–Crippen MR) is 86.4 cm³/mol. The maximum atomic E-state index is 12.2. The predicted octanol–water partition coefficient (Wildman–Crippen LogP) is 4.56. The highest BCUT2D eigenvalue weighted by atomic mass is 79.9. The van der Waals surface area contributed by atoms with Gasteiger partial charge in [-0.3, -0.25) is 0 Å². The highest BCUT2D eigenvalue weighted by molar-refractivity contribution is 9.10. The van der Waals surface area contributed by atoms with E-state index in [1.165, 1.54) is 12.0 Å². The van der Waals surface area contributed by atoms with Crippen molar-refractivity contribution in [3.05, 3.63) is 34.3 Å². The molecule has 2 aliphatic rings. The minimum Gasteiger partial charge on any atom is -0.444 e. The number of rotatable bonds is 1. The van der Waals surface area contributed by atoms with Gasteiger partial charge in [0.15, 0.2) is 0 Å². The van der Waals surface area contributed by atoms with Crippen molar-refractivity contribution in [1.82, 2.24) is 4.90 Å². The fourth-order valence-corrected chi connectivity index (χ4v) is 3.61. The quantitative estimate of drug-likeness (QED) is 0.741. The van der Waals surface area contributed by atoms with Crippen molar-refractivity contribution in [2.75, 3.05) is 13.1 Å². The Morgan fingerprint density at radius 1 is 1.33 bits per heavy atom. The second kappa shape index (κ2) is 5.01. The minimum atomic E-state index is -0.415. The lowest BCUT2D eigenvalue weighted by molar-refractivity contribution is 0.0285. The molecule has 1 heterocycles. The third kappa shape index (κ3) is 3.10. The number of likely N-dealkylation sites (tertiary alicyclic amines) is 1. The first-order valence-corrected chi connectivity index (χ1v) is 8.32. The van der Waals surface area contributed by atoms with Crippen LogP contribution in [0.2, 0.25) is 0 Å². The number of hydrogen-bond acceptors (Lipinski definition) is 2. The van der Waals surface area contributed by atoms with Gasteiger partial charge in [-0.15, -0.1) is 0 Å². The molecule has 21 heavy (non-hydrogen) atoms. The molecule has 1 aromatic rings. The molecule has 1 aliphatic heterocycles. The molecule has 0 bridgehead atoms. The molecule has 3 rings (SSSR count). The zero-order valence-electron chi connectivity index (χ0n) is 12.9. The van der Waals surface area contributed by atoms with Gasteiger partial charge in [0.2, 0.25) is 0 Å². The fourth-order valence-electron chi connectivity index (χ4n) is 3.34. The van der Waals surface area contributed by atoms with Gasteiger partial charge >= 0.3 is 6.09 Å². The van der Waals surface area contributed by atoms with Crippen LogP contribution in [-0.2, 0) is 4.74 Å². The summed E-state index contributed by atoms with van der Waals surface area (Å²) in [4.78, 5) is 14.0. The summed E-state index contributed by atoms with van der Waals surface area (Å²) in [5, 5.41) is 0. The lowest BCUT2D eigenvalue weighted by Crippen LogP contribution is -2.35. The zero-order valence-corrected chi connectivity index (χ0v) is 14.4. The molecule has 1 aliphatic carbocycles. The van der Waals surface area contributed by atoms with E-state index in [9.17, 15) is 4.79 Å². The molecule has 3 nitrogen and oxygen atoms in total. The summed E-state index contributed by atoms with van der Waals surface area (Å²) in [7, 11) is 0. The molecule has 114 valence electrons. The van der Waals surface area contributed by atoms with E-state index in [2.05, 4.69) is 40.2 Å². The van der Waals surface area contributed by atoms with E-state index in [1.54, 1.807) is 0 Å². The molecular formula is C17H22BrNO2. The van der Waals surface area contributed by atoms with Crippen LogP contribution < -0.4 is 0 Å². The maximum Gasteiger partial charge on any atom is 0.410 e. The van der Waals surface area contributed by atoms with Crippen molar-refractivity contribution in [3.63, 3.8) is 0 Å². The molecule has 1 aromatic carbocycles. The SMILES string of the molecule is CC(C)(C)OC(=O)N1CCC2(CC2c2ccc(Br)cc2)C1. The zero-order chi connectivity index (χ0) is 15.3. The second-order valence-electron chi connectivity index (χ2n) is 7.32. The Kier molecular flexibility index (Phi) is 3.55. The van der Waals surface area contributed by atoms with Gasteiger partial charge in [0.1, 0.15) is 5.60 Å². The number of benzene rings is 1. The Balaban J connectivity index is 1.63. The first kappa shape index (κ1) is 14.9. The van der Waals surface area contributed by atoms with E-state index in [-0.39, 0.29) is 6.09 Å². The first-order valence-electron chi connectivity index (χ1n) is 7.53. The van der Waals surface area contributed by atoms with Crippen LogP contribution >= 0.6 is 15.9 Å². The summed E-state index contributed by atoms with van der Waals surface area (Å²) in [6.45, 7) is 7.40. The number of halogens is 1. The van der Waals surface area contributed by atoms with E-state index in [4.69, 9.17) is 4.74 Å². The Morgan fingerprint density at radius 3 is 2.62 bits per heavy atom. The van der Waals surface area contributed by atoms with Gasteiger partial charge in [-0.25, -0.2) is 4.79 Å². The Bertz CT molecular complexity index is 549. The van der Waals surface area contributed by atoms with E-state index in [0.29, 0.717) is 11.3 Å². The number of carbonyl (C=O) groups is 1. The molecule has 1 spiro atoms. The summed E-state index contributed by atoms with van der Waals surface area (Å²) >= 11 is 3.48. The molecule has 1 saturated heterocycles. The van der Waals surface area contributed by atoms with Gasteiger partial charge in [-0.05, 0) is 62.6 Å². The maximum absolute atomic E-state index is 12.2. The monoisotopic (exact) mass is 351 g/mol. The number of amides is 1. The third-order valence-corrected chi connectivity index (χ3v) is 5.03. The topological polar surface area (TPSA) is 29.5 Å². The molecule has 1 saturated carbocycles. The summed E-state index contributed by atoms with van der Waals surface area (Å²) < 4.78 is 6.59. The molecule has 4 heteroatoms. The number of ether oxygens (including phenoxy) is 1. The van der Waals surface area contributed by atoms with Gasteiger partial charge in [-0.1, -0.05) is 28.1 Å². The van der Waals surface area contributed by atoms with Crippen LogP contribution in [0.15, 0.2) is 28.7 Å². The lowest BCUT2D eigenvalue weighted by atomic mass is 9.98. The average molecular weight is 352 g/mol. The van der Waals surface area contributed by atoms with Crippen LogP contribution in [0, 0.1) is 5.41 Å². The van der Waals surface area contributed by atoms with Gasteiger partial charge in [0.25, 0.3) is 0 Å². The van der Waals surface area contributed by atoms with E-state index in [0.717, 1.165) is 24.0 Å². The van der Waals surface area contributed by atoms with Crippen molar-refractivity contribution >= 4 is 22.0 Å². The largest absolute Gasteiger partial charge is 0.444 e. The molecule has 0 N–H and O–H groups in total. The third-order valence-electron chi connectivity index (χ3n) is 4.50. The minimum absolute atomic E-state index is 0.166. The van der Waals surface area contributed by atoms with Crippen molar-refractivity contribution < 1.29 is 9.53 Å². The standard InChI is InChI=1S/C17H22BrNO2/c1-16(2,3)21-15(20)19-9-8-17(11-19)10-14(17)12-4-6-13(18)7-5-12/h4-7,14H,8-11H2,1-3H3. The van der Waals surface area contributed by atoms with E-state index in [1.807, 2.05) is 25.7 Å². The molecule has 2 fully saturated rings. The van der Waals surface area contributed by atoms with Crippen LogP contribution in [0.4, 0.5) is 4.79 Å². The average Bonchev–Trinajstić information content (AvgIpc) is 2.89. The highest BCUT2D eigenvalue weighted by Crippen LogP contribution is 2.64. The van der Waals surface area contributed by atoms with E-state index >= 15 is 0 Å². The number of hydrogen-bond donors (Lipinski definition) is 0. The van der Waals surface area contributed by atoms with Crippen LogP contribution in [0.5, 0.6) is 0 Å². The van der Waals surface area contributed by atoms with Gasteiger partial charge in [0.05, 0.1) is 0 Å². The first-order chi connectivity index (χ1) is 9.79. The molecular weight excluding hydrogens is 330 g/mol. The number of nitrogens with zero attached hydrogens (tertiary/aromatic N) is 1.